The van der Waals surface area contributed by atoms with Gasteiger partial charge in [0, 0.05) is 17.3 Å². The number of hydrogen-bond donors (Lipinski definition) is 3. The number of Topliss-reactive ketones (excluding diaryl/α,β-unsaturated/α-hetero) is 1. The van der Waals surface area contributed by atoms with Gasteiger partial charge in [0.25, 0.3) is 0 Å². The van der Waals surface area contributed by atoms with E-state index in [2.05, 4.69) is 16.7 Å². The summed E-state index contributed by atoms with van der Waals surface area (Å²) < 4.78 is 0. The van der Waals surface area contributed by atoms with Crippen molar-refractivity contribution in [3.05, 3.63) is 11.6 Å². The summed E-state index contributed by atoms with van der Waals surface area (Å²) in [6, 6.07) is 0. The number of allylic oxidation sites excluding steroid dienone is 1. The summed E-state index contributed by atoms with van der Waals surface area (Å²) in [5.41, 5.74) is -1.47. The molecule has 1 unspecified atom stereocenters. The minimum Gasteiger partial charge on any atom is -0.390 e. The molecule has 0 radical (unpaired) electrons. The van der Waals surface area contributed by atoms with E-state index in [1.54, 1.807) is 6.08 Å². The summed E-state index contributed by atoms with van der Waals surface area (Å²) >= 11 is 0. The first-order chi connectivity index (χ1) is 15.8. The molecule has 192 valence electrons. The molecule has 7 heteroatoms. The molecule has 0 saturated heterocycles. The highest BCUT2D eigenvalue weighted by atomic mass is 16.3. The smallest absolute Gasteiger partial charge is 0.159 e. The van der Waals surface area contributed by atoms with Gasteiger partial charge in [0.15, 0.2) is 11.6 Å². The molecule has 0 aliphatic heterocycles. The second kappa shape index (κ2) is 9.07. The predicted octanol–water partition coefficient (Wildman–Crippen LogP) is 1.64. The first-order valence-corrected chi connectivity index (χ1v) is 13.0. The molecule has 0 amide bonds. The van der Waals surface area contributed by atoms with Crippen LogP contribution in [0, 0.1) is 28.6 Å². The Morgan fingerprint density at radius 1 is 1.06 bits per heavy atom. The number of carbonyl (C=O) groups is 2. The summed E-state index contributed by atoms with van der Waals surface area (Å²) in [7, 11) is 6.08. The number of rotatable bonds is 7. The van der Waals surface area contributed by atoms with Gasteiger partial charge in [-0.1, -0.05) is 13.8 Å². The van der Waals surface area contributed by atoms with Crippen LogP contribution < -0.4 is 0 Å². The van der Waals surface area contributed by atoms with Crippen molar-refractivity contribution in [2.24, 2.45) is 28.6 Å². The highest BCUT2D eigenvalue weighted by Gasteiger charge is 2.67. The van der Waals surface area contributed by atoms with E-state index < -0.39 is 28.6 Å². The van der Waals surface area contributed by atoms with E-state index >= 15 is 0 Å². The van der Waals surface area contributed by atoms with Crippen LogP contribution in [0.15, 0.2) is 11.6 Å². The zero-order valence-electron chi connectivity index (χ0n) is 21.6. The Balaban J connectivity index is 1.55. The third kappa shape index (κ3) is 4.01. The van der Waals surface area contributed by atoms with Crippen molar-refractivity contribution < 1.29 is 24.9 Å². The van der Waals surface area contributed by atoms with E-state index in [0.29, 0.717) is 25.8 Å². The van der Waals surface area contributed by atoms with Crippen LogP contribution in [0.4, 0.5) is 0 Å². The summed E-state index contributed by atoms with van der Waals surface area (Å²) in [4.78, 5) is 30.9. The van der Waals surface area contributed by atoms with Crippen molar-refractivity contribution >= 4 is 11.6 Å². The largest absolute Gasteiger partial charge is 0.390 e. The van der Waals surface area contributed by atoms with Crippen LogP contribution in [0.5, 0.6) is 0 Å². The lowest BCUT2D eigenvalue weighted by Crippen LogP contribution is -2.61. The van der Waals surface area contributed by atoms with E-state index in [1.807, 2.05) is 28.1 Å². The molecule has 3 N–H and O–H groups in total. The van der Waals surface area contributed by atoms with Crippen molar-refractivity contribution in [2.75, 3.05) is 40.8 Å². The Hall–Kier alpha value is -1.12. The number of aliphatic hydroxyl groups is 3. The maximum Gasteiger partial charge on any atom is 0.159 e. The van der Waals surface area contributed by atoms with Crippen molar-refractivity contribution in [1.82, 2.24) is 9.80 Å². The van der Waals surface area contributed by atoms with Crippen LogP contribution in [0.1, 0.15) is 58.8 Å². The zero-order chi connectivity index (χ0) is 25.1. The summed E-state index contributed by atoms with van der Waals surface area (Å²) in [6.45, 7) is 6.31. The van der Waals surface area contributed by atoms with Crippen molar-refractivity contribution in [3.63, 3.8) is 0 Å². The molecule has 0 spiro atoms. The quantitative estimate of drug-likeness (QED) is 0.514. The molecule has 0 bridgehead atoms. The van der Waals surface area contributed by atoms with Crippen molar-refractivity contribution in [2.45, 2.75) is 76.6 Å². The number of ketones is 2. The topological polar surface area (TPSA) is 101 Å². The number of fused-ring (bicyclic) bond motifs is 5. The minimum absolute atomic E-state index is 0.0158. The molecule has 8 atom stereocenters. The van der Waals surface area contributed by atoms with E-state index in [-0.39, 0.29) is 35.7 Å². The van der Waals surface area contributed by atoms with Gasteiger partial charge in [-0.05, 0) is 102 Å². The number of carbonyl (C=O) groups excluding carboxylic acids is 2. The van der Waals surface area contributed by atoms with Gasteiger partial charge < -0.3 is 20.2 Å². The summed E-state index contributed by atoms with van der Waals surface area (Å²) in [5, 5.41) is 32.8. The third-order valence-electron chi connectivity index (χ3n) is 10.1. The Kier molecular flexibility index (Phi) is 6.93. The Morgan fingerprint density at radius 3 is 2.44 bits per heavy atom. The first-order valence-electron chi connectivity index (χ1n) is 13.0. The second-order valence-electron chi connectivity index (χ2n) is 12.5. The maximum absolute atomic E-state index is 13.4. The van der Waals surface area contributed by atoms with Crippen LogP contribution >= 0.6 is 0 Å². The van der Waals surface area contributed by atoms with Crippen LogP contribution in [-0.4, -0.2) is 95.3 Å². The fraction of sp³-hybridized carbons (Fsp3) is 0.852. The average molecular weight is 477 g/mol. The van der Waals surface area contributed by atoms with Gasteiger partial charge in [-0.15, -0.1) is 0 Å². The zero-order valence-corrected chi connectivity index (χ0v) is 21.6. The number of likely N-dealkylation sites (N-methyl/N-ethyl adjacent to an activating group) is 1. The molecule has 0 aromatic rings. The molecule has 4 aliphatic carbocycles. The number of nitrogens with zero attached hydrogens (tertiary/aromatic N) is 2. The van der Waals surface area contributed by atoms with Gasteiger partial charge >= 0.3 is 0 Å². The van der Waals surface area contributed by atoms with Gasteiger partial charge in [-0.2, -0.15) is 0 Å². The monoisotopic (exact) mass is 476 g/mol. The lowest BCUT2D eigenvalue weighted by Gasteiger charge is -2.59. The van der Waals surface area contributed by atoms with Gasteiger partial charge in [-0.3, -0.25) is 14.5 Å². The molecule has 0 aromatic heterocycles. The number of hydrogen-bond acceptors (Lipinski definition) is 7. The van der Waals surface area contributed by atoms with Crippen molar-refractivity contribution in [3.8, 4) is 0 Å². The van der Waals surface area contributed by atoms with Gasteiger partial charge in [0.2, 0.25) is 0 Å². The Bertz CT molecular complexity index is 858. The first kappa shape index (κ1) is 26.0. The SMILES string of the molecule is CN(C)CCCN(C)CC(=O)[C@H]1CC[C@@]2(O)C3=CC(=O)[C@@H]4C[C@@H](O)[C@@H](O)C[C@]4(C)C3CC[C@]12C. The molecular weight excluding hydrogens is 432 g/mol. The molecular formula is C27H44N2O5. The lowest BCUT2D eigenvalue weighted by atomic mass is 9.46. The second-order valence-corrected chi connectivity index (χ2v) is 12.5. The third-order valence-corrected chi connectivity index (χ3v) is 10.1. The van der Waals surface area contributed by atoms with E-state index in [1.165, 1.54) is 0 Å². The van der Waals surface area contributed by atoms with Crippen molar-refractivity contribution in [1.29, 1.82) is 0 Å². The lowest BCUT2D eigenvalue weighted by molar-refractivity contribution is -0.154. The molecule has 0 aromatic carbocycles. The van der Waals surface area contributed by atoms with Gasteiger partial charge in [0.1, 0.15) is 0 Å². The molecule has 0 heterocycles. The van der Waals surface area contributed by atoms with E-state index in [9.17, 15) is 24.9 Å². The van der Waals surface area contributed by atoms with Gasteiger partial charge in [0.05, 0.1) is 24.4 Å². The van der Waals surface area contributed by atoms with Crippen LogP contribution in [0.25, 0.3) is 0 Å². The maximum atomic E-state index is 13.4. The highest BCUT2D eigenvalue weighted by Crippen LogP contribution is 2.67. The fourth-order valence-corrected chi connectivity index (χ4v) is 8.00. The standard InChI is InChI=1S/C27H44N2O5/c1-25-15-23(32)22(31)14-20(25)21(30)13-19-17(25)7-9-26(2)18(8-10-27(19,26)34)24(33)16-29(5)12-6-11-28(3)4/h13,17-18,20,22-23,31-32,34H,6-12,14-16H2,1-5H3/t17?,18-,20+,22-,23+,25-,26-,27-/m1/s1. The van der Waals surface area contributed by atoms with E-state index in [0.717, 1.165) is 37.9 Å². The van der Waals surface area contributed by atoms with Crippen LogP contribution in [0.2, 0.25) is 0 Å². The highest BCUT2D eigenvalue weighted by molar-refractivity contribution is 5.95. The molecule has 4 rings (SSSR count). The number of aliphatic hydroxyl groups excluding tert-OH is 2. The molecule has 7 nitrogen and oxygen atoms in total. The Morgan fingerprint density at radius 2 is 1.76 bits per heavy atom. The van der Waals surface area contributed by atoms with Crippen LogP contribution in [0.3, 0.4) is 0 Å². The molecule has 3 fully saturated rings. The molecule has 34 heavy (non-hydrogen) atoms. The minimum atomic E-state index is -1.18. The van der Waals surface area contributed by atoms with Gasteiger partial charge in [-0.25, -0.2) is 0 Å². The van der Waals surface area contributed by atoms with Crippen LogP contribution in [-0.2, 0) is 9.59 Å². The molecule has 3 saturated carbocycles. The normalized spacial score (nSPS) is 44.0. The average Bonchev–Trinajstić information content (AvgIpc) is 3.01. The predicted molar refractivity (Wildman–Crippen MR) is 130 cm³/mol. The fourth-order valence-electron chi connectivity index (χ4n) is 8.00. The summed E-state index contributed by atoms with van der Waals surface area (Å²) in [6.07, 6.45) is 4.20. The molecule has 4 aliphatic rings. The van der Waals surface area contributed by atoms with E-state index in [4.69, 9.17) is 0 Å². The Labute approximate surface area is 204 Å². The summed E-state index contributed by atoms with van der Waals surface area (Å²) in [5.74, 6) is -0.435.